The molecule has 0 aromatic heterocycles. The standard InChI is InChI=1S/C21H32N4O7/c1-12(22)17(29)23-13(2)18(30)24-10-6-7-14(24)19(31)25-16(28)9-8-15(27)21(25,11-26)20(3,4)32-5/h11-14H,6-10,22H2,1-5H3,(H,23,29)/t12-,13-,14-,21-/m0/s1. The van der Waals surface area contributed by atoms with Crippen LogP contribution in [0, 0.1) is 0 Å². The van der Waals surface area contributed by atoms with Gasteiger partial charge in [-0.1, -0.05) is 0 Å². The van der Waals surface area contributed by atoms with E-state index in [9.17, 15) is 28.8 Å². The molecule has 0 bridgehead atoms. The highest BCUT2D eigenvalue weighted by Gasteiger charge is 2.62. The summed E-state index contributed by atoms with van der Waals surface area (Å²) in [6.45, 7) is 6.10. The van der Waals surface area contributed by atoms with Gasteiger partial charge >= 0.3 is 0 Å². The van der Waals surface area contributed by atoms with Gasteiger partial charge in [-0.3, -0.25) is 28.9 Å². The summed E-state index contributed by atoms with van der Waals surface area (Å²) < 4.78 is 5.37. The summed E-state index contributed by atoms with van der Waals surface area (Å²) in [7, 11) is 1.29. The lowest BCUT2D eigenvalue weighted by Crippen LogP contribution is -2.74. The molecule has 4 atom stereocenters. The van der Waals surface area contributed by atoms with E-state index in [4.69, 9.17) is 10.5 Å². The van der Waals surface area contributed by atoms with Crippen LogP contribution in [-0.2, 0) is 33.5 Å². The summed E-state index contributed by atoms with van der Waals surface area (Å²) in [4.78, 5) is 78.5. The van der Waals surface area contributed by atoms with Crippen LogP contribution in [0.25, 0.3) is 0 Å². The highest BCUT2D eigenvalue weighted by molar-refractivity contribution is 6.17. The number of carbonyl (C=O) groups is 6. The average Bonchev–Trinajstić information content (AvgIpc) is 3.23. The zero-order valence-electron chi connectivity index (χ0n) is 19.2. The number of Topliss-reactive ketones (excluding diaryl/α,β-unsaturated/α-hetero) is 1. The Balaban J connectivity index is 2.40. The third-order valence-electron chi connectivity index (χ3n) is 6.38. The Morgan fingerprint density at radius 3 is 2.41 bits per heavy atom. The molecule has 0 unspecified atom stereocenters. The van der Waals surface area contributed by atoms with Crippen LogP contribution in [0.4, 0.5) is 0 Å². The molecule has 0 saturated carbocycles. The highest BCUT2D eigenvalue weighted by Crippen LogP contribution is 2.38. The molecule has 0 aromatic rings. The summed E-state index contributed by atoms with van der Waals surface area (Å²) in [5, 5.41) is 2.49. The van der Waals surface area contributed by atoms with E-state index in [0.717, 1.165) is 0 Å². The lowest BCUT2D eigenvalue weighted by molar-refractivity contribution is -0.183. The highest BCUT2D eigenvalue weighted by atomic mass is 16.5. The number of aldehydes is 1. The Morgan fingerprint density at radius 1 is 1.25 bits per heavy atom. The number of nitrogens with zero attached hydrogens (tertiary/aromatic N) is 2. The summed E-state index contributed by atoms with van der Waals surface area (Å²) in [5.74, 6) is -3.12. The van der Waals surface area contributed by atoms with Crippen molar-refractivity contribution in [2.45, 2.75) is 82.6 Å². The van der Waals surface area contributed by atoms with Crippen molar-refractivity contribution in [3.8, 4) is 0 Å². The number of nitrogens with one attached hydrogen (secondary N) is 1. The van der Waals surface area contributed by atoms with Gasteiger partial charge < -0.3 is 25.5 Å². The van der Waals surface area contributed by atoms with E-state index in [1.54, 1.807) is 0 Å². The average molecular weight is 453 g/mol. The number of hydrogen-bond acceptors (Lipinski definition) is 8. The quantitative estimate of drug-likeness (QED) is 0.280. The first kappa shape index (κ1) is 25.6. The first-order chi connectivity index (χ1) is 14.9. The van der Waals surface area contributed by atoms with Crippen molar-refractivity contribution >= 4 is 35.7 Å². The summed E-state index contributed by atoms with van der Waals surface area (Å²) in [6.07, 6.45) is 0.607. The van der Waals surface area contributed by atoms with Crippen molar-refractivity contribution in [1.29, 1.82) is 0 Å². The molecule has 2 fully saturated rings. The number of ether oxygens (including phenoxy) is 1. The number of piperidine rings is 1. The summed E-state index contributed by atoms with van der Waals surface area (Å²) >= 11 is 0. The maximum atomic E-state index is 13.6. The van der Waals surface area contributed by atoms with Crippen molar-refractivity contribution < 1.29 is 33.5 Å². The zero-order chi connectivity index (χ0) is 24.4. The van der Waals surface area contributed by atoms with E-state index in [1.807, 2.05) is 0 Å². The SMILES string of the molecule is COC(C)(C)[C@]1(C=O)C(=O)CCC(=O)N1C(=O)[C@@H]1CCCN1C(=O)[C@H](C)NC(=O)[C@H](C)N. The lowest BCUT2D eigenvalue weighted by atomic mass is 9.73. The number of imide groups is 1. The molecule has 3 N–H and O–H groups in total. The van der Waals surface area contributed by atoms with Crippen LogP contribution in [0.5, 0.6) is 0 Å². The number of amides is 4. The van der Waals surface area contributed by atoms with Gasteiger partial charge in [0.15, 0.2) is 17.6 Å². The minimum Gasteiger partial charge on any atom is -0.375 e. The van der Waals surface area contributed by atoms with Crippen LogP contribution in [-0.4, -0.2) is 88.4 Å². The van der Waals surface area contributed by atoms with Crippen molar-refractivity contribution in [3.05, 3.63) is 0 Å². The maximum Gasteiger partial charge on any atom is 0.253 e. The van der Waals surface area contributed by atoms with Crippen LogP contribution in [0.2, 0.25) is 0 Å². The summed E-state index contributed by atoms with van der Waals surface area (Å²) in [6, 6.07) is -2.83. The molecule has 32 heavy (non-hydrogen) atoms. The first-order valence-electron chi connectivity index (χ1n) is 10.6. The Morgan fingerprint density at radius 2 is 1.88 bits per heavy atom. The third kappa shape index (κ3) is 4.18. The molecule has 11 nitrogen and oxygen atoms in total. The minimum absolute atomic E-state index is 0.193. The number of ketones is 1. The number of likely N-dealkylation sites (tertiary alicyclic amines) is 2. The largest absolute Gasteiger partial charge is 0.375 e. The molecule has 2 rings (SSSR count). The van der Waals surface area contributed by atoms with Gasteiger partial charge in [0.05, 0.1) is 11.6 Å². The van der Waals surface area contributed by atoms with E-state index in [1.165, 1.54) is 39.7 Å². The molecule has 2 aliphatic heterocycles. The number of rotatable bonds is 7. The van der Waals surface area contributed by atoms with Gasteiger partial charge in [-0.25, -0.2) is 0 Å². The third-order valence-corrected chi connectivity index (χ3v) is 6.38. The van der Waals surface area contributed by atoms with Gasteiger partial charge in [-0.05, 0) is 40.5 Å². The number of carbonyl (C=O) groups excluding carboxylic acids is 6. The molecule has 178 valence electrons. The molecule has 0 aromatic carbocycles. The normalized spacial score (nSPS) is 26.0. The number of methoxy groups -OCH3 is 1. The van der Waals surface area contributed by atoms with Crippen LogP contribution in [0.15, 0.2) is 0 Å². The molecular formula is C21H32N4O7. The zero-order valence-corrected chi connectivity index (χ0v) is 19.2. The van der Waals surface area contributed by atoms with Crippen molar-refractivity contribution in [3.63, 3.8) is 0 Å². The molecule has 0 spiro atoms. The molecule has 11 heteroatoms. The van der Waals surface area contributed by atoms with Gasteiger partial charge in [-0.2, -0.15) is 0 Å². The topological polar surface area (TPSA) is 156 Å². The molecule has 2 aliphatic rings. The second-order valence-corrected chi connectivity index (χ2v) is 8.80. The fourth-order valence-electron chi connectivity index (χ4n) is 4.25. The number of nitrogens with two attached hydrogens (primary N) is 1. The maximum absolute atomic E-state index is 13.6. The van der Waals surface area contributed by atoms with E-state index in [-0.39, 0.29) is 25.8 Å². The molecular weight excluding hydrogens is 420 g/mol. The Kier molecular flexibility index (Phi) is 7.56. The fraction of sp³-hybridized carbons (Fsp3) is 0.714. The van der Waals surface area contributed by atoms with E-state index < -0.39 is 58.7 Å². The van der Waals surface area contributed by atoms with Crippen LogP contribution >= 0.6 is 0 Å². The number of hydrogen-bond donors (Lipinski definition) is 2. The summed E-state index contributed by atoms with van der Waals surface area (Å²) in [5.41, 5.74) is 1.90. The first-order valence-corrected chi connectivity index (χ1v) is 10.6. The van der Waals surface area contributed by atoms with Crippen LogP contribution < -0.4 is 11.1 Å². The Labute approximate surface area is 187 Å². The van der Waals surface area contributed by atoms with Gasteiger partial charge in [0.1, 0.15) is 12.1 Å². The Bertz CT molecular complexity index is 825. The fourth-order valence-corrected chi connectivity index (χ4v) is 4.25. The molecule has 0 radical (unpaired) electrons. The minimum atomic E-state index is -2.14. The Hall–Kier alpha value is -2.66. The second-order valence-electron chi connectivity index (χ2n) is 8.80. The lowest BCUT2D eigenvalue weighted by Gasteiger charge is -2.49. The monoisotopic (exact) mass is 452 g/mol. The van der Waals surface area contributed by atoms with Crippen molar-refractivity contribution in [2.24, 2.45) is 5.73 Å². The van der Waals surface area contributed by atoms with Crippen molar-refractivity contribution in [2.75, 3.05) is 13.7 Å². The van der Waals surface area contributed by atoms with Crippen molar-refractivity contribution in [1.82, 2.24) is 15.1 Å². The second kappa shape index (κ2) is 9.45. The van der Waals surface area contributed by atoms with Crippen LogP contribution in [0.1, 0.15) is 53.4 Å². The molecule has 2 saturated heterocycles. The molecule has 0 aliphatic carbocycles. The van der Waals surface area contributed by atoms with E-state index in [2.05, 4.69) is 5.32 Å². The molecule has 4 amide bonds. The van der Waals surface area contributed by atoms with Gasteiger partial charge in [0.2, 0.25) is 17.7 Å². The smallest absolute Gasteiger partial charge is 0.253 e. The van der Waals surface area contributed by atoms with Gasteiger partial charge in [0.25, 0.3) is 5.91 Å². The van der Waals surface area contributed by atoms with Gasteiger partial charge in [0, 0.05) is 26.5 Å². The van der Waals surface area contributed by atoms with E-state index >= 15 is 0 Å². The predicted molar refractivity (Wildman–Crippen MR) is 112 cm³/mol. The van der Waals surface area contributed by atoms with E-state index in [0.29, 0.717) is 17.6 Å². The van der Waals surface area contributed by atoms with Crippen LogP contribution in [0.3, 0.4) is 0 Å². The van der Waals surface area contributed by atoms with Gasteiger partial charge in [-0.15, -0.1) is 0 Å². The molecule has 2 heterocycles. The predicted octanol–water partition coefficient (Wildman–Crippen LogP) is -1.09.